The smallest absolute Gasteiger partial charge is 0.325 e. The summed E-state index contributed by atoms with van der Waals surface area (Å²) in [5.74, 6) is 0.627. The summed E-state index contributed by atoms with van der Waals surface area (Å²) in [7, 11) is 0. The zero-order chi connectivity index (χ0) is 24.5. The summed E-state index contributed by atoms with van der Waals surface area (Å²) in [6.07, 6.45) is 2.24. The number of rotatable bonds is 6. The van der Waals surface area contributed by atoms with Crippen LogP contribution in [0.25, 0.3) is 22.0 Å². The summed E-state index contributed by atoms with van der Waals surface area (Å²) in [4.78, 5) is 31.8. The topological polar surface area (TPSA) is 79.2 Å². The minimum Gasteiger partial charge on any atom is -0.493 e. The fraction of sp³-hybridized carbons (Fsp3) is 0.259. The van der Waals surface area contributed by atoms with Crippen LogP contribution in [0.15, 0.2) is 70.6 Å². The van der Waals surface area contributed by atoms with Crippen LogP contribution in [0.4, 0.5) is 5.69 Å². The molecule has 1 aliphatic rings. The zero-order valence-electron chi connectivity index (χ0n) is 19.9. The molecular formula is C27H27N4O3S+. The van der Waals surface area contributed by atoms with Gasteiger partial charge in [-0.15, -0.1) is 0 Å². The third-order valence-corrected chi connectivity index (χ3v) is 6.74. The van der Waals surface area contributed by atoms with Crippen molar-refractivity contribution in [1.29, 1.82) is 0 Å². The molecule has 2 heterocycles. The van der Waals surface area contributed by atoms with E-state index in [0.29, 0.717) is 47.3 Å². The summed E-state index contributed by atoms with van der Waals surface area (Å²) < 4.78 is 7.81. The second-order valence-corrected chi connectivity index (χ2v) is 9.09. The summed E-state index contributed by atoms with van der Waals surface area (Å²) in [6, 6.07) is 19.5. The van der Waals surface area contributed by atoms with Crippen LogP contribution in [0, 0.1) is 0 Å². The van der Waals surface area contributed by atoms with Gasteiger partial charge in [-0.2, -0.15) is 0 Å². The standard InChI is InChI=1S/C27H26N4O3S/c1-4-10-22(32)30-20-14-9-8-13-19(20)24-25(33)28-27(35-3)29-31(24)26(30)23-18-12-7-6-11-17(18)15-16-21(23)34-5-2/h6-9,11-16,26H,4-5,10H2,1-3H3/p+1/t26-/m1/s1. The molecule has 1 amide bonds. The maximum absolute atomic E-state index is 13.8. The van der Waals surface area contributed by atoms with Crippen molar-refractivity contribution in [2.45, 2.75) is 38.0 Å². The average molecular weight is 488 g/mol. The third kappa shape index (κ3) is 3.87. The summed E-state index contributed by atoms with van der Waals surface area (Å²) in [6.45, 7) is 4.39. The summed E-state index contributed by atoms with van der Waals surface area (Å²) in [5.41, 5.74) is 2.34. The second kappa shape index (κ2) is 9.54. The Hall–Kier alpha value is -3.65. The molecule has 4 aromatic rings. The van der Waals surface area contributed by atoms with Crippen LogP contribution in [0.3, 0.4) is 0 Å². The van der Waals surface area contributed by atoms with Crippen LogP contribution in [0.2, 0.25) is 0 Å². The Balaban J connectivity index is 1.93. The van der Waals surface area contributed by atoms with Gasteiger partial charge in [0.15, 0.2) is 0 Å². The van der Waals surface area contributed by atoms with Gasteiger partial charge in [-0.3, -0.25) is 14.6 Å². The maximum atomic E-state index is 13.8. The van der Waals surface area contributed by atoms with Gasteiger partial charge in [-0.25, -0.2) is 4.90 Å². The molecule has 0 aliphatic carbocycles. The SMILES string of the molecule is CCCC(=O)N1c2ccccc2-c2c(=O)[nH]c(SC)n[n+]2[C@@H]1c1c(OCC)ccc2ccccc12. The number of carbonyl (C=O) groups excluding carboxylic acids is 1. The molecule has 0 bridgehead atoms. The normalized spacial score (nSPS) is 14.5. The lowest BCUT2D eigenvalue weighted by atomic mass is 9.96. The number of benzene rings is 3. The largest absolute Gasteiger partial charge is 0.493 e. The highest BCUT2D eigenvalue weighted by Crippen LogP contribution is 2.42. The predicted molar refractivity (Wildman–Crippen MR) is 138 cm³/mol. The van der Waals surface area contributed by atoms with Crippen LogP contribution in [0.5, 0.6) is 5.75 Å². The lowest BCUT2D eigenvalue weighted by molar-refractivity contribution is -0.763. The van der Waals surface area contributed by atoms with Gasteiger partial charge in [0.25, 0.3) is 6.17 Å². The van der Waals surface area contributed by atoms with Crippen molar-refractivity contribution in [3.8, 4) is 17.0 Å². The molecule has 1 N–H and O–H groups in total. The third-order valence-electron chi connectivity index (χ3n) is 6.17. The van der Waals surface area contributed by atoms with E-state index in [-0.39, 0.29) is 11.5 Å². The first-order chi connectivity index (χ1) is 17.1. The number of amides is 1. The molecule has 8 heteroatoms. The highest BCUT2D eigenvalue weighted by atomic mass is 32.2. The van der Waals surface area contributed by atoms with Crippen LogP contribution in [-0.4, -0.2) is 28.9 Å². The number of aromatic amines is 1. The molecule has 5 rings (SSSR count). The molecular weight excluding hydrogens is 460 g/mol. The number of carbonyl (C=O) groups is 1. The van der Waals surface area contributed by atoms with Crippen molar-refractivity contribution in [3.05, 3.63) is 76.6 Å². The fourth-order valence-corrected chi connectivity index (χ4v) is 5.12. The van der Waals surface area contributed by atoms with Crippen LogP contribution < -0.4 is 19.9 Å². The number of thioether (sulfide) groups is 1. The van der Waals surface area contributed by atoms with E-state index in [1.807, 2.05) is 80.8 Å². The molecule has 0 fully saturated rings. The monoisotopic (exact) mass is 487 g/mol. The van der Waals surface area contributed by atoms with E-state index >= 15 is 0 Å². The molecule has 0 saturated carbocycles. The van der Waals surface area contributed by atoms with Gasteiger partial charge in [-0.05, 0) is 53.3 Å². The zero-order valence-corrected chi connectivity index (χ0v) is 20.8. The first kappa shape index (κ1) is 23.1. The van der Waals surface area contributed by atoms with Crippen molar-refractivity contribution in [1.82, 2.24) is 10.1 Å². The first-order valence-electron chi connectivity index (χ1n) is 11.7. The Morgan fingerprint density at radius 2 is 1.89 bits per heavy atom. The van der Waals surface area contributed by atoms with E-state index in [0.717, 1.165) is 16.3 Å². The van der Waals surface area contributed by atoms with Gasteiger partial charge in [0.1, 0.15) is 5.75 Å². The Morgan fingerprint density at radius 3 is 2.66 bits per heavy atom. The Morgan fingerprint density at radius 1 is 1.11 bits per heavy atom. The van der Waals surface area contributed by atoms with Gasteiger partial charge in [0, 0.05) is 11.5 Å². The Bertz CT molecular complexity index is 1480. The number of hydrogen-bond donors (Lipinski definition) is 1. The lowest BCUT2D eigenvalue weighted by Crippen LogP contribution is -2.61. The summed E-state index contributed by atoms with van der Waals surface area (Å²) >= 11 is 1.35. The number of nitrogens with one attached hydrogen (secondary N) is 1. The minimum atomic E-state index is -0.695. The molecule has 0 radical (unpaired) electrons. The van der Waals surface area contributed by atoms with E-state index in [9.17, 15) is 9.59 Å². The van der Waals surface area contributed by atoms with E-state index in [1.54, 1.807) is 9.58 Å². The van der Waals surface area contributed by atoms with Crippen LogP contribution in [-0.2, 0) is 4.79 Å². The number of nitrogens with zero attached hydrogens (tertiary/aromatic N) is 3. The van der Waals surface area contributed by atoms with E-state index < -0.39 is 6.17 Å². The van der Waals surface area contributed by atoms with Crippen LogP contribution >= 0.6 is 11.8 Å². The molecule has 1 aromatic heterocycles. The number of aromatic nitrogens is 3. The van der Waals surface area contributed by atoms with Gasteiger partial charge in [-0.1, -0.05) is 61.2 Å². The van der Waals surface area contributed by atoms with Crippen molar-refractivity contribution in [3.63, 3.8) is 0 Å². The highest BCUT2D eigenvalue weighted by Gasteiger charge is 2.47. The Labute approximate surface area is 207 Å². The molecule has 0 spiro atoms. The van der Waals surface area contributed by atoms with Gasteiger partial charge in [0.05, 0.1) is 23.4 Å². The van der Waals surface area contributed by atoms with Gasteiger partial charge in [0.2, 0.25) is 11.1 Å². The quantitative estimate of drug-likeness (QED) is 0.315. The number of anilines is 1. The van der Waals surface area contributed by atoms with Gasteiger partial charge >= 0.3 is 11.3 Å². The number of H-pyrrole nitrogens is 1. The van der Waals surface area contributed by atoms with Crippen molar-refractivity contribution < 1.29 is 14.2 Å². The van der Waals surface area contributed by atoms with Crippen molar-refractivity contribution >= 4 is 34.1 Å². The molecule has 1 atom stereocenters. The number of ether oxygens (including phenoxy) is 1. The minimum absolute atomic E-state index is 0.0359. The lowest BCUT2D eigenvalue weighted by Gasteiger charge is -2.33. The molecule has 1 aliphatic heterocycles. The molecule has 7 nitrogen and oxygen atoms in total. The molecule has 178 valence electrons. The number of para-hydroxylation sites is 1. The highest BCUT2D eigenvalue weighted by molar-refractivity contribution is 7.98. The van der Waals surface area contributed by atoms with E-state index in [1.165, 1.54) is 11.8 Å². The first-order valence-corrected chi connectivity index (χ1v) is 13.0. The average Bonchev–Trinajstić information content (AvgIpc) is 2.88. The maximum Gasteiger partial charge on any atom is 0.325 e. The predicted octanol–water partition coefficient (Wildman–Crippen LogP) is 4.69. The molecule has 0 unspecified atom stereocenters. The van der Waals surface area contributed by atoms with Crippen molar-refractivity contribution in [2.24, 2.45) is 0 Å². The van der Waals surface area contributed by atoms with E-state index in [4.69, 9.17) is 9.84 Å². The van der Waals surface area contributed by atoms with Gasteiger partial charge < -0.3 is 4.74 Å². The van der Waals surface area contributed by atoms with E-state index in [2.05, 4.69) is 4.98 Å². The molecule has 35 heavy (non-hydrogen) atoms. The fourth-order valence-electron chi connectivity index (χ4n) is 4.75. The molecule has 0 saturated heterocycles. The second-order valence-electron chi connectivity index (χ2n) is 8.29. The number of fused-ring (bicyclic) bond motifs is 4. The Kier molecular flexibility index (Phi) is 6.30. The van der Waals surface area contributed by atoms with Crippen LogP contribution in [0.1, 0.15) is 38.4 Å². The summed E-state index contributed by atoms with van der Waals surface area (Å²) in [5, 5.41) is 7.27. The molecule has 3 aromatic carbocycles. The van der Waals surface area contributed by atoms with Crippen molar-refractivity contribution in [2.75, 3.05) is 17.8 Å². The number of hydrogen-bond acceptors (Lipinski definition) is 5.